The number of piperazine rings is 1. The number of carbonyl (C=O) groups is 1. The van der Waals surface area contributed by atoms with E-state index in [9.17, 15) is 4.79 Å². The summed E-state index contributed by atoms with van der Waals surface area (Å²) in [6.07, 6.45) is 0.553. The van der Waals surface area contributed by atoms with E-state index in [2.05, 4.69) is 11.0 Å². The van der Waals surface area contributed by atoms with Gasteiger partial charge in [0.25, 0.3) is 5.91 Å². The Balaban J connectivity index is 1.73. The fourth-order valence-corrected chi connectivity index (χ4v) is 2.96. The van der Waals surface area contributed by atoms with Gasteiger partial charge in [0.15, 0.2) is 0 Å². The minimum absolute atomic E-state index is 0.108. The first-order valence-electron chi connectivity index (χ1n) is 7.66. The van der Waals surface area contributed by atoms with Crippen molar-refractivity contribution >= 4 is 16.7 Å². The Bertz CT molecular complexity index is 706. The Labute approximate surface area is 130 Å². The Morgan fingerprint density at radius 1 is 1.05 bits per heavy atom. The van der Waals surface area contributed by atoms with Gasteiger partial charge in [-0.3, -0.25) is 9.69 Å². The zero-order valence-corrected chi connectivity index (χ0v) is 12.5. The van der Waals surface area contributed by atoms with Crippen LogP contribution in [0.5, 0.6) is 0 Å². The van der Waals surface area contributed by atoms with Gasteiger partial charge in [-0.25, -0.2) is 0 Å². The number of fused-ring (bicyclic) bond motifs is 1. The number of nitrogens with zero attached hydrogens (tertiary/aromatic N) is 3. The lowest BCUT2D eigenvalue weighted by atomic mass is 10.0. The van der Waals surface area contributed by atoms with Gasteiger partial charge in [0.2, 0.25) is 0 Å². The summed E-state index contributed by atoms with van der Waals surface area (Å²) in [5.41, 5.74) is 0.781. The maximum Gasteiger partial charge on any atom is 0.254 e. The van der Waals surface area contributed by atoms with E-state index in [1.54, 1.807) is 0 Å². The summed E-state index contributed by atoms with van der Waals surface area (Å²) in [6, 6.07) is 16.1. The first-order valence-corrected chi connectivity index (χ1v) is 7.66. The van der Waals surface area contributed by atoms with Gasteiger partial charge < -0.3 is 4.90 Å². The molecule has 0 atom stereocenters. The molecule has 4 heteroatoms. The molecule has 0 bridgehead atoms. The van der Waals surface area contributed by atoms with Crippen molar-refractivity contribution in [2.24, 2.45) is 0 Å². The average Bonchev–Trinajstić information content (AvgIpc) is 2.59. The third-order valence-corrected chi connectivity index (χ3v) is 4.22. The molecular formula is C18H19N3O. The van der Waals surface area contributed by atoms with Crippen LogP contribution in [0, 0.1) is 11.3 Å². The van der Waals surface area contributed by atoms with Crippen LogP contribution in [0.3, 0.4) is 0 Å². The Morgan fingerprint density at radius 2 is 1.77 bits per heavy atom. The summed E-state index contributed by atoms with van der Waals surface area (Å²) in [6.45, 7) is 3.95. The van der Waals surface area contributed by atoms with E-state index in [1.807, 2.05) is 47.4 Å². The van der Waals surface area contributed by atoms with E-state index >= 15 is 0 Å². The van der Waals surface area contributed by atoms with Crippen LogP contribution in [-0.4, -0.2) is 48.4 Å². The van der Waals surface area contributed by atoms with Gasteiger partial charge in [-0.15, -0.1) is 0 Å². The zero-order chi connectivity index (χ0) is 15.4. The molecule has 112 valence electrons. The first-order chi connectivity index (χ1) is 10.8. The molecule has 0 aromatic heterocycles. The minimum Gasteiger partial charge on any atom is -0.336 e. The van der Waals surface area contributed by atoms with Crippen molar-refractivity contribution in [3.8, 4) is 6.07 Å². The molecule has 1 aliphatic heterocycles. The fourth-order valence-electron chi connectivity index (χ4n) is 2.96. The predicted molar refractivity (Wildman–Crippen MR) is 86.5 cm³/mol. The molecular weight excluding hydrogens is 274 g/mol. The highest BCUT2D eigenvalue weighted by Crippen LogP contribution is 2.20. The van der Waals surface area contributed by atoms with Gasteiger partial charge in [0.05, 0.1) is 6.07 Å². The topological polar surface area (TPSA) is 47.3 Å². The average molecular weight is 293 g/mol. The number of benzene rings is 2. The fraction of sp³-hybridized carbons (Fsp3) is 0.333. The number of rotatable bonds is 3. The molecule has 0 unspecified atom stereocenters. The second-order valence-electron chi connectivity index (χ2n) is 5.57. The molecule has 2 aromatic rings. The zero-order valence-electron chi connectivity index (χ0n) is 12.5. The molecule has 1 fully saturated rings. The van der Waals surface area contributed by atoms with E-state index < -0.39 is 0 Å². The smallest absolute Gasteiger partial charge is 0.254 e. The molecule has 1 amide bonds. The highest BCUT2D eigenvalue weighted by molar-refractivity contribution is 6.07. The van der Waals surface area contributed by atoms with Crippen molar-refractivity contribution in [1.82, 2.24) is 9.80 Å². The molecule has 3 rings (SSSR count). The molecule has 1 heterocycles. The highest BCUT2D eigenvalue weighted by atomic mass is 16.2. The van der Waals surface area contributed by atoms with Crippen LogP contribution in [0.1, 0.15) is 16.8 Å². The first kappa shape index (κ1) is 14.6. The van der Waals surface area contributed by atoms with Gasteiger partial charge in [-0.2, -0.15) is 5.26 Å². The molecule has 0 spiro atoms. The third-order valence-electron chi connectivity index (χ3n) is 4.22. The Hall–Kier alpha value is -2.38. The number of hydrogen-bond donors (Lipinski definition) is 0. The van der Waals surface area contributed by atoms with Crippen LogP contribution in [0.4, 0.5) is 0 Å². The number of nitriles is 1. The third kappa shape index (κ3) is 2.95. The molecule has 4 nitrogen and oxygen atoms in total. The summed E-state index contributed by atoms with van der Waals surface area (Å²) in [4.78, 5) is 17.0. The highest BCUT2D eigenvalue weighted by Gasteiger charge is 2.22. The molecule has 0 N–H and O–H groups in total. The SMILES string of the molecule is N#CCCN1CCN(C(=O)c2cccc3ccccc23)CC1. The second kappa shape index (κ2) is 6.59. The van der Waals surface area contributed by atoms with Crippen molar-refractivity contribution in [2.45, 2.75) is 6.42 Å². The normalized spacial score (nSPS) is 15.7. The standard InChI is InChI=1S/C18H19N3O/c19-9-4-10-20-11-13-21(14-12-20)18(22)17-8-3-6-15-5-1-2-7-16(15)17/h1-3,5-8H,4,10-14H2. The lowest BCUT2D eigenvalue weighted by molar-refractivity contribution is 0.0641. The molecule has 2 aromatic carbocycles. The quantitative estimate of drug-likeness (QED) is 0.873. The number of hydrogen-bond acceptors (Lipinski definition) is 3. The van der Waals surface area contributed by atoms with E-state index in [4.69, 9.17) is 5.26 Å². The number of amides is 1. The van der Waals surface area contributed by atoms with E-state index in [0.717, 1.165) is 49.1 Å². The summed E-state index contributed by atoms with van der Waals surface area (Å²) in [5.74, 6) is 0.108. The van der Waals surface area contributed by atoms with Crippen LogP contribution in [0.2, 0.25) is 0 Å². The molecule has 1 saturated heterocycles. The second-order valence-corrected chi connectivity index (χ2v) is 5.57. The molecule has 22 heavy (non-hydrogen) atoms. The lowest BCUT2D eigenvalue weighted by Gasteiger charge is -2.34. The van der Waals surface area contributed by atoms with Crippen LogP contribution in [0.25, 0.3) is 10.8 Å². The van der Waals surface area contributed by atoms with E-state index in [-0.39, 0.29) is 5.91 Å². The summed E-state index contributed by atoms with van der Waals surface area (Å²) in [7, 11) is 0. The van der Waals surface area contributed by atoms with Gasteiger partial charge in [0, 0.05) is 44.7 Å². The largest absolute Gasteiger partial charge is 0.336 e. The van der Waals surface area contributed by atoms with Crippen molar-refractivity contribution < 1.29 is 4.79 Å². The molecule has 0 saturated carbocycles. The van der Waals surface area contributed by atoms with E-state index in [1.165, 1.54) is 0 Å². The monoisotopic (exact) mass is 293 g/mol. The summed E-state index contributed by atoms with van der Waals surface area (Å²) < 4.78 is 0. The molecule has 0 radical (unpaired) electrons. The van der Waals surface area contributed by atoms with Crippen LogP contribution in [-0.2, 0) is 0 Å². The van der Waals surface area contributed by atoms with Crippen molar-refractivity contribution in [2.75, 3.05) is 32.7 Å². The van der Waals surface area contributed by atoms with Crippen molar-refractivity contribution in [3.63, 3.8) is 0 Å². The predicted octanol–water partition coefficient (Wildman–Crippen LogP) is 2.51. The van der Waals surface area contributed by atoms with Crippen molar-refractivity contribution in [1.29, 1.82) is 5.26 Å². The van der Waals surface area contributed by atoms with E-state index in [0.29, 0.717) is 6.42 Å². The van der Waals surface area contributed by atoms with Crippen LogP contribution >= 0.6 is 0 Å². The Kier molecular flexibility index (Phi) is 4.36. The van der Waals surface area contributed by atoms with Crippen LogP contribution in [0.15, 0.2) is 42.5 Å². The summed E-state index contributed by atoms with van der Waals surface area (Å²) in [5, 5.41) is 10.8. The molecule has 1 aliphatic rings. The Morgan fingerprint density at radius 3 is 2.55 bits per heavy atom. The lowest BCUT2D eigenvalue weighted by Crippen LogP contribution is -2.48. The maximum absolute atomic E-state index is 12.8. The summed E-state index contributed by atoms with van der Waals surface area (Å²) >= 11 is 0. The van der Waals surface area contributed by atoms with Gasteiger partial charge in [-0.05, 0) is 16.8 Å². The minimum atomic E-state index is 0.108. The van der Waals surface area contributed by atoms with Gasteiger partial charge >= 0.3 is 0 Å². The molecule has 0 aliphatic carbocycles. The van der Waals surface area contributed by atoms with Gasteiger partial charge in [0.1, 0.15) is 0 Å². The van der Waals surface area contributed by atoms with Crippen LogP contribution < -0.4 is 0 Å². The maximum atomic E-state index is 12.8. The number of carbonyl (C=O) groups excluding carboxylic acids is 1. The van der Waals surface area contributed by atoms with Crippen molar-refractivity contribution in [3.05, 3.63) is 48.0 Å². The van der Waals surface area contributed by atoms with Gasteiger partial charge in [-0.1, -0.05) is 36.4 Å².